The van der Waals surface area contributed by atoms with Gasteiger partial charge in [0.05, 0.1) is 6.61 Å². The van der Waals surface area contributed by atoms with Crippen molar-refractivity contribution >= 4 is 0 Å². The minimum atomic E-state index is 0.271. The molecule has 0 aromatic carbocycles. The summed E-state index contributed by atoms with van der Waals surface area (Å²) in [5.41, 5.74) is 0.271. The van der Waals surface area contributed by atoms with Crippen molar-refractivity contribution in [3.05, 3.63) is 0 Å². The molecule has 0 saturated carbocycles. The first kappa shape index (κ1) is 10.9. The van der Waals surface area contributed by atoms with Crippen LogP contribution < -0.4 is 5.32 Å². The Bertz CT molecular complexity index is 91.6. The molecule has 0 saturated heterocycles. The summed E-state index contributed by atoms with van der Waals surface area (Å²) in [6.07, 6.45) is 2.45. The smallest absolute Gasteiger partial charge is 0.0587 e. The molecular formula is C9H21NO. The van der Waals surface area contributed by atoms with Gasteiger partial charge in [-0.15, -0.1) is 0 Å². The third-order valence-corrected chi connectivity index (χ3v) is 1.78. The summed E-state index contributed by atoms with van der Waals surface area (Å²) in [4.78, 5) is 0. The Morgan fingerprint density at radius 2 is 2.00 bits per heavy atom. The molecule has 0 bridgehead atoms. The lowest BCUT2D eigenvalue weighted by Gasteiger charge is -2.25. The molecule has 0 amide bonds. The summed E-state index contributed by atoms with van der Waals surface area (Å²) in [6.45, 7) is 8.41. The van der Waals surface area contributed by atoms with Crippen LogP contribution >= 0.6 is 0 Å². The molecule has 2 heteroatoms. The zero-order valence-electron chi connectivity index (χ0n) is 8.24. The lowest BCUT2D eigenvalue weighted by Crippen LogP contribution is -2.40. The van der Waals surface area contributed by atoms with Crippen LogP contribution in [0.5, 0.6) is 0 Å². The van der Waals surface area contributed by atoms with Crippen LogP contribution in [-0.4, -0.2) is 25.8 Å². The highest BCUT2D eigenvalue weighted by Gasteiger charge is 2.13. The molecule has 0 rings (SSSR count). The molecule has 0 unspecified atom stereocenters. The molecule has 0 heterocycles. The molecule has 68 valence electrons. The van der Waals surface area contributed by atoms with Gasteiger partial charge in [-0.2, -0.15) is 0 Å². The molecule has 0 aliphatic carbocycles. The molecule has 11 heavy (non-hydrogen) atoms. The van der Waals surface area contributed by atoms with Crippen molar-refractivity contribution in [3.63, 3.8) is 0 Å². The van der Waals surface area contributed by atoms with Crippen LogP contribution in [-0.2, 0) is 4.74 Å². The molecule has 0 fully saturated rings. The largest absolute Gasteiger partial charge is 0.383 e. The maximum Gasteiger partial charge on any atom is 0.0587 e. The van der Waals surface area contributed by atoms with E-state index in [0.29, 0.717) is 0 Å². The van der Waals surface area contributed by atoms with Gasteiger partial charge in [-0.1, -0.05) is 13.3 Å². The maximum atomic E-state index is 4.95. The van der Waals surface area contributed by atoms with E-state index in [1.54, 1.807) is 7.11 Å². The fourth-order valence-corrected chi connectivity index (χ4v) is 1.20. The Kier molecular flexibility index (Phi) is 5.51. The monoisotopic (exact) mass is 159 g/mol. The molecule has 0 aliphatic heterocycles. The fraction of sp³-hybridized carbons (Fsp3) is 1.00. The summed E-state index contributed by atoms with van der Waals surface area (Å²) in [7, 11) is 1.73. The predicted molar refractivity (Wildman–Crippen MR) is 48.9 cm³/mol. The van der Waals surface area contributed by atoms with Crippen molar-refractivity contribution in [1.29, 1.82) is 0 Å². The van der Waals surface area contributed by atoms with Crippen molar-refractivity contribution in [1.82, 2.24) is 5.32 Å². The number of methoxy groups -OCH3 is 1. The van der Waals surface area contributed by atoms with E-state index < -0.39 is 0 Å². The van der Waals surface area contributed by atoms with E-state index in [2.05, 4.69) is 26.1 Å². The van der Waals surface area contributed by atoms with E-state index in [1.807, 2.05) is 0 Å². The van der Waals surface area contributed by atoms with E-state index in [4.69, 9.17) is 4.74 Å². The second-order valence-corrected chi connectivity index (χ2v) is 3.55. The third-order valence-electron chi connectivity index (χ3n) is 1.78. The van der Waals surface area contributed by atoms with E-state index in [-0.39, 0.29) is 5.54 Å². The Labute approximate surface area is 70.3 Å². The number of nitrogens with one attached hydrogen (secondary N) is 1. The molecule has 0 radical (unpaired) electrons. The van der Waals surface area contributed by atoms with Gasteiger partial charge in [-0.3, -0.25) is 0 Å². The number of hydrogen-bond donors (Lipinski definition) is 1. The topological polar surface area (TPSA) is 21.3 Å². The normalized spacial score (nSPS) is 12.0. The Balaban J connectivity index is 3.38. The highest BCUT2D eigenvalue weighted by atomic mass is 16.5. The Morgan fingerprint density at radius 3 is 2.45 bits per heavy atom. The lowest BCUT2D eigenvalue weighted by molar-refractivity contribution is 0.186. The predicted octanol–water partition coefficient (Wildman–Crippen LogP) is 1.80. The maximum absolute atomic E-state index is 4.95. The summed E-state index contributed by atoms with van der Waals surface area (Å²) in [6, 6.07) is 0. The minimum Gasteiger partial charge on any atom is -0.383 e. The van der Waals surface area contributed by atoms with Crippen molar-refractivity contribution < 1.29 is 4.74 Å². The first-order chi connectivity index (χ1) is 5.12. The van der Waals surface area contributed by atoms with Crippen molar-refractivity contribution in [2.45, 2.75) is 39.2 Å². The van der Waals surface area contributed by atoms with Gasteiger partial charge < -0.3 is 10.1 Å². The highest BCUT2D eigenvalue weighted by Crippen LogP contribution is 2.09. The second kappa shape index (κ2) is 5.56. The minimum absolute atomic E-state index is 0.271. The van der Waals surface area contributed by atoms with Crippen molar-refractivity contribution in [2.75, 3.05) is 20.3 Å². The summed E-state index contributed by atoms with van der Waals surface area (Å²) < 4.78 is 4.95. The molecule has 1 N–H and O–H groups in total. The Hall–Kier alpha value is -0.0800. The van der Waals surface area contributed by atoms with Gasteiger partial charge >= 0.3 is 0 Å². The zero-order chi connectivity index (χ0) is 8.74. The lowest BCUT2D eigenvalue weighted by atomic mass is 9.99. The van der Waals surface area contributed by atoms with Crippen molar-refractivity contribution in [3.8, 4) is 0 Å². The first-order valence-corrected chi connectivity index (χ1v) is 4.36. The molecule has 0 spiro atoms. The van der Waals surface area contributed by atoms with Crippen LogP contribution in [0.25, 0.3) is 0 Å². The van der Waals surface area contributed by atoms with Crippen LogP contribution in [0, 0.1) is 0 Å². The average Bonchev–Trinajstić information content (AvgIpc) is 1.87. The molecule has 0 aromatic heterocycles. The standard InChI is InChI=1S/C9H21NO/c1-5-6-9(2,3)10-7-8-11-4/h10H,5-8H2,1-4H3. The number of hydrogen-bond acceptors (Lipinski definition) is 2. The van der Waals surface area contributed by atoms with Crippen LogP contribution in [0.15, 0.2) is 0 Å². The van der Waals surface area contributed by atoms with Gasteiger partial charge in [0.2, 0.25) is 0 Å². The second-order valence-electron chi connectivity index (χ2n) is 3.55. The quantitative estimate of drug-likeness (QED) is 0.597. The van der Waals surface area contributed by atoms with Crippen LogP contribution in [0.1, 0.15) is 33.6 Å². The van der Waals surface area contributed by atoms with E-state index in [1.165, 1.54) is 12.8 Å². The van der Waals surface area contributed by atoms with E-state index in [9.17, 15) is 0 Å². The zero-order valence-corrected chi connectivity index (χ0v) is 8.24. The molecule has 0 aromatic rings. The van der Waals surface area contributed by atoms with Gasteiger partial charge in [0, 0.05) is 19.2 Å². The van der Waals surface area contributed by atoms with Gasteiger partial charge in [0.25, 0.3) is 0 Å². The fourth-order valence-electron chi connectivity index (χ4n) is 1.20. The van der Waals surface area contributed by atoms with Gasteiger partial charge in [-0.25, -0.2) is 0 Å². The van der Waals surface area contributed by atoms with Crippen LogP contribution in [0.3, 0.4) is 0 Å². The molecule has 0 aliphatic rings. The summed E-state index contributed by atoms with van der Waals surface area (Å²) in [5, 5.41) is 3.44. The number of rotatable bonds is 6. The average molecular weight is 159 g/mol. The summed E-state index contributed by atoms with van der Waals surface area (Å²) >= 11 is 0. The third kappa shape index (κ3) is 6.32. The summed E-state index contributed by atoms with van der Waals surface area (Å²) in [5.74, 6) is 0. The Morgan fingerprint density at radius 1 is 1.36 bits per heavy atom. The highest BCUT2D eigenvalue weighted by molar-refractivity contribution is 4.75. The number of ether oxygens (including phenoxy) is 1. The first-order valence-electron chi connectivity index (χ1n) is 4.36. The van der Waals surface area contributed by atoms with Crippen LogP contribution in [0.2, 0.25) is 0 Å². The molecule has 0 atom stereocenters. The van der Waals surface area contributed by atoms with E-state index in [0.717, 1.165) is 13.2 Å². The SMILES string of the molecule is CCCC(C)(C)NCCOC. The molecular weight excluding hydrogens is 138 g/mol. The molecule has 2 nitrogen and oxygen atoms in total. The van der Waals surface area contributed by atoms with Crippen LogP contribution in [0.4, 0.5) is 0 Å². The van der Waals surface area contributed by atoms with Gasteiger partial charge in [0.1, 0.15) is 0 Å². The van der Waals surface area contributed by atoms with Gasteiger partial charge in [-0.05, 0) is 20.3 Å². The van der Waals surface area contributed by atoms with E-state index >= 15 is 0 Å². The van der Waals surface area contributed by atoms with Crippen molar-refractivity contribution in [2.24, 2.45) is 0 Å². The van der Waals surface area contributed by atoms with Gasteiger partial charge in [0.15, 0.2) is 0 Å².